The number of benzene rings is 1. The van der Waals surface area contributed by atoms with Gasteiger partial charge >= 0.3 is 0 Å². The van der Waals surface area contributed by atoms with E-state index < -0.39 is 0 Å². The summed E-state index contributed by atoms with van der Waals surface area (Å²) in [5.74, 6) is 6.22. The van der Waals surface area contributed by atoms with Crippen LogP contribution in [-0.2, 0) is 4.79 Å². The van der Waals surface area contributed by atoms with Crippen LogP contribution in [0.3, 0.4) is 0 Å². The van der Waals surface area contributed by atoms with Crippen LogP contribution in [0.25, 0.3) is 0 Å². The van der Waals surface area contributed by atoms with Gasteiger partial charge in [-0.3, -0.25) is 4.79 Å². The van der Waals surface area contributed by atoms with Gasteiger partial charge in [-0.05, 0) is 24.6 Å². The van der Waals surface area contributed by atoms with E-state index >= 15 is 0 Å². The molecule has 0 fully saturated rings. The summed E-state index contributed by atoms with van der Waals surface area (Å²) in [5, 5.41) is 2.93. The third kappa shape index (κ3) is 6.14. The number of thioether (sulfide) groups is 1. The maximum absolute atomic E-state index is 12.0. The Morgan fingerprint density at radius 1 is 1.40 bits per heavy atom. The molecule has 1 aromatic carbocycles. The number of carbonyl (C=O) groups is 1. The number of aryl methyl sites for hydroxylation is 1. The number of nitrogens with two attached hydrogens (primary N) is 1. The van der Waals surface area contributed by atoms with E-state index in [1.54, 1.807) is 11.8 Å². The molecule has 0 aromatic heterocycles. The highest BCUT2D eigenvalue weighted by molar-refractivity contribution is 8.01. The minimum atomic E-state index is -0.00803. The predicted molar refractivity (Wildman–Crippen MR) is 88.0 cm³/mol. The SMILES string of the molecule is Cc1ccc(C#CCN)c(NC(=O)CSC(C)(C)C)c1. The summed E-state index contributed by atoms with van der Waals surface area (Å²) >= 11 is 1.62. The van der Waals surface area contributed by atoms with Crippen molar-refractivity contribution in [3.63, 3.8) is 0 Å². The molecule has 0 saturated carbocycles. The first-order valence-electron chi connectivity index (χ1n) is 6.55. The van der Waals surface area contributed by atoms with Crippen LogP contribution in [0.2, 0.25) is 0 Å². The van der Waals surface area contributed by atoms with E-state index in [0.717, 1.165) is 16.8 Å². The third-order valence-electron chi connectivity index (χ3n) is 2.41. The first-order valence-corrected chi connectivity index (χ1v) is 7.54. The van der Waals surface area contributed by atoms with Gasteiger partial charge in [0.2, 0.25) is 5.91 Å². The Balaban J connectivity index is 2.80. The molecule has 0 aliphatic heterocycles. The van der Waals surface area contributed by atoms with Crippen molar-refractivity contribution in [3.05, 3.63) is 29.3 Å². The van der Waals surface area contributed by atoms with E-state index in [9.17, 15) is 4.79 Å². The Kier molecular flexibility index (Phi) is 6.12. The highest BCUT2D eigenvalue weighted by atomic mass is 32.2. The molecular formula is C16H22N2OS. The maximum Gasteiger partial charge on any atom is 0.234 e. The van der Waals surface area contributed by atoms with Crippen molar-refractivity contribution in [1.82, 2.24) is 0 Å². The fourth-order valence-corrected chi connectivity index (χ4v) is 2.12. The smallest absolute Gasteiger partial charge is 0.234 e. The van der Waals surface area contributed by atoms with Gasteiger partial charge in [-0.1, -0.05) is 38.7 Å². The second-order valence-corrected chi connectivity index (χ2v) is 7.31. The average molecular weight is 290 g/mol. The quantitative estimate of drug-likeness (QED) is 0.842. The normalized spacial score (nSPS) is 10.7. The molecule has 0 aliphatic rings. The van der Waals surface area contributed by atoms with E-state index in [1.165, 1.54) is 0 Å². The van der Waals surface area contributed by atoms with Crippen LogP contribution < -0.4 is 11.1 Å². The fraction of sp³-hybridized carbons (Fsp3) is 0.438. The molecule has 1 aromatic rings. The monoisotopic (exact) mass is 290 g/mol. The van der Waals surface area contributed by atoms with Crippen LogP contribution in [0.15, 0.2) is 18.2 Å². The van der Waals surface area contributed by atoms with Crippen LogP contribution >= 0.6 is 11.8 Å². The minimum Gasteiger partial charge on any atom is -0.324 e. The number of rotatable bonds is 3. The van der Waals surface area contributed by atoms with E-state index in [0.29, 0.717) is 12.3 Å². The second kappa shape index (κ2) is 7.37. The van der Waals surface area contributed by atoms with Gasteiger partial charge < -0.3 is 11.1 Å². The Bertz CT molecular complexity index is 536. The van der Waals surface area contributed by atoms with Gasteiger partial charge in [-0.15, -0.1) is 11.8 Å². The number of carbonyl (C=O) groups excluding carboxylic acids is 1. The molecule has 0 unspecified atom stereocenters. The van der Waals surface area contributed by atoms with Crippen molar-refractivity contribution in [2.75, 3.05) is 17.6 Å². The molecule has 1 amide bonds. The number of anilines is 1. The van der Waals surface area contributed by atoms with E-state index in [-0.39, 0.29) is 10.7 Å². The molecule has 0 radical (unpaired) electrons. The molecule has 4 heteroatoms. The molecule has 0 spiro atoms. The molecule has 3 nitrogen and oxygen atoms in total. The predicted octanol–water partition coefficient (Wildman–Crippen LogP) is 2.78. The number of hydrogen-bond acceptors (Lipinski definition) is 3. The summed E-state index contributed by atoms with van der Waals surface area (Å²) in [6, 6.07) is 5.81. The minimum absolute atomic E-state index is 0.00803. The average Bonchev–Trinajstić information content (AvgIpc) is 2.35. The van der Waals surface area contributed by atoms with E-state index in [2.05, 4.69) is 37.9 Å². The van der Waals surface area contributed by atoms with E-state index in [4.69, 9.17) is 5.73 Å². The summed E-state index contributed by atoms with van der Waals surface area (Å²) in [5.41, 5.74) is 8.03. The molecule has 0 saturated heterocycles. The van der Waals surface area contributed by atoms with Gasteiger partial charge in [0, 0.05) is 10.3 Å². The highest BCUT2D eigenvalue weighted by Crippen LogP contribution is 2.23. The number of nitrogens with one attached hydrogen (secondary N) is 1. The van der Waals surface area contributed by atoms with Crippen molar-refractivity contribution in [3.8, 4) is 11.8 Å². The largest absolute Gasteiger partial charge is 0.324 e. The first kappa shape index (κ1) is 16.6. The van der Waals surface area contributed by atoms with Crippen molar-refractivity contribution < 1.29 is 4.79 Å². The highest BCUT2D eigenvalue weighted by Gasteiger charge is 2.14. The lowest BCUT2D eigenvalue weighted by atomic mass is 10.1. The molecule has 20 heavy (non-hydrogen) atoms. The summed E-state index contributed by atoms with van der Waals surface area (Å²) < 4.78 is 0.0755. The molecule has 0 atom stereocenters. The van der Waals surface area contributed by atoms with Crippen LogP contribution in [-0.4, -0.2) is 23.0 Å². The summed E-state index contributed by atoms with van der Waals surface area (Å²) in [6.07, 6.45) is 0. The van der Waals surface area contributed by atoms with Gasteiger partial charge in [0.05, 0.1) is 18.0 Å². The Morgan fingerprint density at radius 2 is 2.10 bits per heavy atom. The van der Waals surface area contributed by atoms with Gasteiger partial charge in [0.15, 0.2) is 0 Å². The van der Waals surface area contributed by atoms with Crippen LogP contribution in [0.4, 0.5) is 5.69 Å². The number of hydrogen-bond donors (Lipinski definition) is 2. The van der Waals surface area contributed by atoms with Crippen molar-refractivity contribution in [2.45, 2.75) is 32.4 Å². The van der Waals surface area contributed by atoms with Crippen molar-refractivity contribution in [2.24, 2.45) is 5.73 Å². The topological polar surface area (TPSA) is 55.1 Å². The Hall–Kier alpha value is -1.44. The van der Waals surface area contributed by atoms with Crippen molar-refractivity contribution in [1.29, 1.82) is 0 Å². The molecule has 1 rings (SSSR count). The summed E-state index contributed by atoms with van der Waals surface area (Å²) in [4.78, 5) is 12.0. The summed E-state index contributed by atoms with van der Waals surface area (Å²) in [6.45, 7) is 8.57. The van der Waals surface area contributed by atoms with Gasteiger partial charge in [0.1, 0.15) is 0 Å². The Labute approximate surface area is 125 Å². The zero-order valence-corrected chi connectivity index (χ0v) is 13.4. The molecule has 0 aliphatic carbocycles. The zero-order chi connectivity index (χ0) is 15.2. The van der Waals surface area contributed by atoms with E-state index in [1.807, 2.05) is 25.1 Å². The molecular weight excluding hydrogens is 268 g/mol. The zero-order valence-electron chi connectivity index (χ0n) is 12.5. The summed E-state index contributed by atoms with van der Waals surface area (Å²) in [7, 11) is 0. The van der Waals surface area contributed by atoms with Crippen LogP contribution in [0, 0.1) is 18.8 Å². The maximum atomic E-state index is 12.0. The fourth-order valence-electron chi connectivity index (χ4n) is 1.49. The lowest BCUT2D eigenvalue weighted by molar-refractivity contribution is -0.113. The Morgan fingerprint density at radius 3 is 2.70 bits per heavy atom. The lowest BCUT2D eigenvalue weighted by Crippen LogP contribution is -2.19. The standard InChI is InChI=1S/C16H22N2OS/c1-12-7-8-13(6-5-9-17)14(10-12)18-15(19)11-20-16(2,3)4/h7-8,10H,9,11,17H2,1-4H3,(H,18,19). The second-order valence-electron chi connectivity index (χ2n) is 5.50. The number of amides is 1. The molecule has 0 heterocycles. The molecule has 108 valence electrons. The third-order valence-corrected chi connectivity index (χ3v) is 3.68. The van der Waals surface area contributed by atoms with Gasteiger partial charge in [-0.2, -0.15) is 0 Å². The van der Waals surface area contributed by atoms with Crippen LogP contribution in [0.1, 0.15) is 31.9 Å². The van der Waals surface area contributed by atoms with Crippen LogP contribution in [0.5, 0.6) is 0 Å². The van der Waals surface area contributed by atoms with Crippen molar-refractivity contribution >= 4 is 23.4 Å². The molecule has 0 bridgehead atoms. The first-order chi connectivity index (χ1) is 9.31. The molecule has 3 N–H and O–H groups in total. The lowest BCUT2D eigenvalue weighted by Gasteiger charge is -2.17. The van der Waals surface area contributed by atoms with Gasteiger partial charge in [0.25, 0.3) is 0 Å². The van der Waals surface area contributed by atoms with Gasteiger partial charge in [-0.25, -0.2) is 0 Å².